The van der Waals surface area contributed by atoms with Crippen LogP contribution >= 0.6 is 0 Å². The number of ketones is 1. The van der Waals surface area contributed by atoms with E-state index in [2.05, 4.69) is 29.2 Å². The molecule has 0 aliphatic heterocycles. The third kappa shape index (κ3) is 3.42. The van der Waals surface area contributed by atoms with Crippen LogP contribution in [-0.2, 0) is 11.2 Å². The first-order valence-corrected chi connectivity index (χ1v) is 6.91. The van der Waals surface area contributed by atoms with Crippen LogP contribution in [0.2, 0.25) is 0 Å². The molecule has 1 unspecified atom stereocenters. The number of rotatable bonds is 5. The standard InChI is InChI=1S/C16H23NO/c1-17(2)11-10-15(18)12-14-8-5-7-13-6-3-4-9-16(13)14/h3-4,6,9,14H,5,7-8,10-12H2,1-2H3. The summed E-state index contributed by atoms with van der Waals surface area (Å²) in [6.45, 7) is 0.868. The first kappa shape index (κ1) is 13.3. The van der Waals surface area contributed by atoms with Gasteiger partial charge in [0.2, 0.25) is 0 Å². The fourth-order valence-corrected chi connectivity index (χ4v) is 2.79. The lowest BCUT2D eigenvalue weighted by Crippen LogP contribution is -2.19. The molecular weight excluding hydrogens is 222 g/mol. The molecule has 2 rings (SSSR count). The Morgan fingerprint density at radius 2 is 2.11 bits per heavy atom. The molecular formula is C16H23NO. The summed E-state index contributed by atoms with van der Waals surface area (Å²) in [4.78, 5) is 14.1. The molecule has 18 heavy (non-hydrogen) atoms. The van der Waals surface area contributed by atoms with Gasteiger partial charge in [-0.05, 0) is 50.4 Å². The third-order valence-corrected chi connectivity index (χ3v) is 3.81. The number of carbonyl (C=O) groups is 1. The van der Waals surface area contributed by atoms with Gasteiger partial charge in [0.15, 0.2) is 0 Å². The fraction of sp³-hybridized carbons (Fsp3) is 0.562. The molecule has 1 atom stereocenters. The summed E-state index contributed by atoms with van der Waals surface area (Å²) in [5, 5.41) is 0. The predicted octanol–water partition coefficient (Wildman–Crippen LogP) is 3.02. The van der Waals surface area contributed by atoms with Crippen LogP contribution in [0, 0.1) is 0 Å². The van der Waals surface area contributed by atoms with E-state index in [0.717, 1.165) is 13.0 Å². The van der Waals surface area contributed by atoms with Crippen LogP contribution in [0.4, 0.5) is 0 Å². The number of Topliss-reactive ketones (excluding diaryl/α,β-unsaturated/α-hetero) is 1. The van der Waals surface area contributed by atoms with Gasteiger partial charge >= 0.3 is 0 Å². The highest BCUT2D eigenvalue weighted by atomic mass is 16.1. The Bertz CT molecular complexity index is 411. The van der Waals surface area contributed by atoms with Crippen LogP contribution < -0.4 is 0 Å². The van der Waals surface area contributed by atoms with Crippen molar-refractivity contribution in [3.63, 3.8) is 0 Å². The Hall–Kier alpha value is -1.15. The molecule has 0 N–H and O–H groups in total. The predicted molar refractivity (Wildman–Crippen MR) is 74.9 cm³/mol. The number of aryl methyl sites for hydroxylation is 1. The lowest BCUT2D eigenvalue weighted by atomic mass is 9.80. The topological polar surface area (TPSA) is 20.3 Å². The lowest BCUT2D eigenvalue weighted by Gasteiger charge is -2.25. The highest BCUT2D eigenvalue weighted by Gasteiger charge is 2.21. The first-order valence-electron chi connectivity index (χ1n) is 6.91. The van der Waals surface area contributed by atoms with Crippen molar-refractivity contribution in [2.45, 2.75) is 38.0 Å². The molecule has 2 nitrogen and oxygen atoms in total. The van der Waals surface area contributed by atoms with Crippen LogP contribution in [0.5, 0.6) is 0 Å². The van der Waals surface area contributed by atoms with Crippen LogP contribution in [0.1, 0.15) is 42.7 Å². The van der Waals surface area contributed by atoms with E-state index in [0.29, 0.717) is 18.1 Å². The minimum atomic E-state index is 0.408. The molecule has 0 heterocycles. The van der Waals surface area contributed by atoms with E-state index < -0.39 is 0 Å². The van der Waals surface area contributed by atoms with Gasteiger partial charge in [-0.25, -0.2) is 0 Å². The van der Waals surface area contributed by atoms with E-state index in [9.17, 15) is 4.79 Å². The van der Waals surface area contributed by atoms with Crippen molar-refractivity contribution < 1.29 is 4.79 Å². The molecule has 0 saturated heterocycles. The van der Waals surface area contributed by atoms with Gasteiger partial charge in [-0.3, -0.25) is 4.79 Å². The largest absolute Gasteiger partial charge is 0.309 e. The summed E-state index contributed by atoms with van der Waals surface area (Å²) < 4.78 is 0. The second kappa shape index (κ2) is 6.14. The minimum absolute atomic E-state index is 0.408. The van der Waals surface area contributed by atoms with Crippen molar-refractivity contribution in [3.8, 4) is 0 Å². The fourth-order valence-electron chi connectivity index (χ4n) is 2.79. The van der Waals surface area contributed by atoms with Crippen LogP contribution in [0.3, 0.4) is 0 Å². The van der Waals surface area contributed by atoms with Gasteiger partial charge in [0.05, 0.1) is 0 Å². The number of nitrogens with zero attached hydrogens (tertiary/aromatic N) is 1. The summed E-state index contributed by atoms with van der Waals surface area (Å²) in [7, 11) is 4.03. The van der Waals surface area contributed by atoms with Gasteiger partial charge in [-0.2, -0.15) is 0 Å². The zero-order chi connectivity index (χ0) is 13.0. The number of benzene rings is 1. The zero-order valence-electron chi connectivity index (χ0n) is 11.5. The zero-order valence-corrected chi connectivity index (χ0v) is 11.5. The summed E-state index contributed by atoms with van der Waals surface area (Å²) in [5.41, 5.74) is 2.87. The number of carbonyl (C=O) groups excluding carboxylic acids is 1. The van der Waals surface area contributed by atoms with E-state index in [1.807, 2.05) is 14.1 Å². The molecule has 0 amide bonds. The number of hydrogen-bond donors (Lipinski definition) is 0. The molecule has 0 radical (unpaired) electrons. The smallest absolute Gasteiger partial charge is 0.134 e. The summed E-state index contributed by atoms with van der Waals surface area (Å²) in [6.07, 6.45) is 4.99. The first-order chi connectivity index (χ1) is 8.66. The van der Waals surface area contributed by atoms with Crippen molar-refractivity contribution in [3.05, 3.63) is 35.4 Å². The molecule has 1 aliphatic carbocycles. The normalized spacial score (nSPS) is 18.7. The van der Waals surface area contributed by atoms with E-state index in [1.165, 1.54) is 30.4 Å². The van der Waals surface area contributed by atoms with Crippen LogP contribution in [-0.4, -0.2) is 31.3 Å². The lowest BCUT2D eigenvalue weighted by molar-refractivity contribution is -0.119. The van der Waals surface area contributed by atoms with Gasteiger partial charge in [-0.15, -0.1) is 0 Å². The van der Waals surface area contributed by atoms with Gasteiger partial charge in [0, 0.05) is 19.4 Å². The van der Waals surface area contributed by atoms with Crippen molar-refractivity contribution in [2.75, 3.05) is 20.6 Å². The average molecular weight is 245 g/mol. The van der Waals surface area contributed by atoms with Gasteiger partial charge in [0.1, 0.15) is 5.78 Å². The molecule has 98 valence electrons. The van der Waals surface area contributed by atoms with Gasteiger partial charge < -0.3 is 4.90 Å². The van der Waals surface area contributed by atoms with Gasteiger partial charge in [0.25, 0.3) is 0 Å². The van der Waals surface area contributed by atoms with Crippen LogP contribution in [0.15, 0.2) is 24.3 Å². The summed E-state index contributed by atoms with van der Waals surface area (Å²) in [5.74, 6) is 0.870. The molecule has 0 aromatic heterocycles. The molecule has 1 aromatic carbocycles. The SMILES string of the molecule is CN(C)CCC(=O)CC1CCCc2ccccc21. The molecule has 2 heteroatoms. The second-order valence-corrected chi connectivity index (χ2v) is 5.58. The maximum Gasteiger partial charge on any atom is 0.134 e. The Balaban J connectivity index is 1.96. The van der Waals surface area contributed by atoms with Crippen molar-refractivity contribution in [1.82, 2.24) is 4.90 Å². The number of fused-ring (bicyclic) bond motifs is 1. The van der Waals surface area contributed by atoms with Crippen LogP contribution in [0.25, 0.3) is 0 Å². The average Bonchev–Trinajstić information content (AvgIpc) is 2.37. The molecule has 1 aromatic rings. The Kier molecular flexibility index (Phi) is 4.54. The number of hydrogen-bond acceptors (Lipinski definition) is 2. The molecule has 0 saturated carbocycles. The van der Waals surface area contributed by atoms with E-state index in [4.69, 9.17) is 0 Å². The summed E-state index contributed by atoms with van der Waals surface area (Å²) in [6, 6.07) is 8.63. The van der Waals surface area contributed by atoms with E-state index >= 15 is 0 Å². The molecule has 1 aliphatic rings. The van der Waals surface area contributed by atoms with Gasteiger partial charge in [-0.1, -0.05) is 24.3 Å². The molecule has 0 fully saturated rings. The Morgan fingerprint density at radius 1 is 1.33 bits per heavy atom. The summed E-state index contributed by atoms with van der Waals surface area (Å²) >= 11 is 0. The second-order valence-electron chi connectivity index (χ2n) is 5.58. The third-order valence-electron chi connectivity index (χ3n) is 3.81. The highest BCUT2D eigenvalue weighted by molar-refractivity contribution is 5.79. The molecule has 0 bridgehead atoms. The Labute approximate surface area is 110 Å². The maximum absolute atomic E-state index is 12.0. The Morgan fingerprint density at radius 3 is 2.89 bits per heavy atom. The van der Waals surface area contributed by atoms with Crippen molar-refractivity contribution >= 4 is 5.78 Å². The maximum atomic E-state index is 12.0. The monoisotopic (exact) mass is 245 g/mol. The highest BCUT2D eigenvalue weighted by Crippen LogP contribution is 2.34. The van der Waals surface area contributed by atoms with E-state index in [-0.39, 0.29) is 0 Å². The van der Waals surface area contributed by atoms with Crippen molar-refractivity contribution in [2.24, 2.45) is 0 Å². The molecule has 0 spiro atoms. The van der Waals surface area contributed by atoms with E-state index in [1.54, 1.807) is 0 Å². The minimum Gasteiger partial charge on any atom is -0.309 e. The van der Waals surface area contributed by atoms with Crippen molar-refractivity contribution in [1.29, 1.82) is 0 Å². The quantitative estimate of drug-likeness (QED) is 0.794.